The van der Waals surface area contributed by atoms with Crippen LogP contribution in [0.15, 0.2) is 30.6 Å². The molecule has 0 aliphatic heterocycles. The van der Waals surface area contributed by atoms with Crippen molar-refractivity contribution in [1.82, 2.24) is 20.1 Å². The monoisotopic (exact) mass is 244 g/mol. The summed E-state index contributed by atoms with van der Waals surface area (Å²) in [7, 11) is 1.97. The van der Waals surface area contributed by atoms with Gasteiger partial charge >= 0.3 is 0 Å². The highest BCUT2D eigenvalue weighted by Crippen LogP contribution is 2.22. The quantitative estimate of drug-likeness (QED) is 0.877. The fourth-order valence-electron chi connectivity index (χ4n) is 2.10. The number of aryl methyl sites for hydroxylation is 2. The number of hydrogen-bond acceptors (Lipinski definition) is 3. The summed E-state index contributed by atoms with van der Waals surface area (Å²) in [6.45, 7) is 5.23. The van der Waals surface area contributed by atoms with Crippen molar-refractivity contribution in [2.24, 2.45) is 7.05 Å². The lowest BCUT2D eigenvalue weighted by atomic mass is 10.0. The molecule has 1 atom stereocenters. The van der Waals surface area contributed by atoms with E-state index >= 15 is 0 Å². The summed E-state index contributed by atoms with van der Waals surface area (Å²) in [4.78, 5) is 4.52. The molecule has 2 aromatic heterocycles. The second kappa shape index (κ2) is 5.78. The molecule has 0 aliphatic carbocycles. The van der Waals surface area contributed by atoms with Gasteiger partial charge < -0.3 is 5.32 Å². The van der Waals surface area contributed by atoms with E-state index in [-0.39, 0.29) is 6.04 Å². The van der Waals surface area contributed by atoms with Crippen molar-refractivity contribution in [3.8, 4) is 0 Å². The molecule has 2 aromatic rings. The van der Waals surface area contributed by atoms with Crippen molar-refractivity contribution in [2.75, 3.05) is 6.54 Å². The van der Waals surface area contributed by atoms with E-state index in [1.54, 1.807) is 0 Å². The van der Waals surface area contributed by atoms with Crippen molar-refractivity contribution in [1.29, 1.82) is 0 Å². The highest BCUT2D eigenvalue weighted by molar-refractivity contribution is 5.28. The lowest BCUT2D eigenvalue weighted by Gasteiger charge is -2.20. The van der Waals surface area contributed by atoms with Gasteiger partial charge in [-0.2, -0.15) is 5.10 Å². The van der Waals surface area contributed by atoms with Gasteiger partial charge in [0.05, 0.1) is 17.4 Å². The lowest BCUT2D eigenvalue weighted by molar-refractivity contribution is 0.541. The number of nitrogens with one attached hydrogen (secondary N) is 1. The number of hydrogen-bond donors (Lipinski definition) is 1. The first kappa shape index (κ1) is 12.8. The maximum absolute atomic E-state index is 4.52. The van der Waals surface area contributed by atoms with Crippen LogP contribution in [0.2, 0.25) is 0 Å². The predicted molar refractivity (Wildman–Crippen MR) is 72.3 cm³/mol. The summed E-state index contributed by atoms with van der Waals surface area (Å²) in [5, 5.41) is 7.80. The van der Waals surface area contributed by atoms with Crippen LogP contribution in [0, 0.1) is 6.92 Å². The highest BCUT2D eigenvalue weighted by atomic mass is 15.3. The van der Waals surface area contributed by atoms with E-state index < -0.39 is 0 Å². The fourth-order valence-corrected chi connectivity index (χ4v) is 2.10. The number of nitrogens with zero attached hydrogens (tertiary/aromatic N) is 3. The molecule has 18 heavy (non-hydrogen) atoms. The average molecular weight is 244 g/mol. The van der Waals surface area contributed by atoms with Gasteiger partial charge in [-0.25, -0.2) is 0 Å². The molecule has 0 spiro atoms. The van der Waals surface area contributed by atoms with Gasteiger partial charge in [0.1, 0.15) is 0 Å². The molecule has 0 saturated carbocycles. The van der Waals surface area contributed by atoms with E-state index in [0.29, 0.717) is 0 Å². The SMILES string of the molecule is CCCNC(c1ncccc1C)c1ccnn1C. The van der Waals surface area contributed by atoms with Crippen LogP contribution in [-0.4, -0.2) is 21.3 Å². The van der Waals surface area contributed by atoms with Crippen molar-refractivity contribution in [3.05, 3.63) is 47.5 Å². The Kier molecular flexibility index (Phi) is 4.10. The normalized spacial score (nSPS) is 12.6. The average Bonchev–Trinajstić information content (AvgIpc) is 2.78. The third kappa shape index (κ3) is 2.59. The molecule has 0 fully saturated rings. The van der Waals surface area contributed by atoms with Crippen LogP contribution in [0.5, 0.6) is 0 Å². The Hall–Kier alpha value is -1.68. The molecule has 0 radical (unpaired) electrons. The number of aromatic nitrogens is 3. The van der Waals surface area contributed by atoms with Crippen molar-refractivity contribution < 1.29 is 0 Å². The van der Waals surface area contributed by atoms with Gasteiger partial charge in [-0.15, -0.1) is 0 Å². The summed E-state index contributed by atoms with van der Waals surface area (Å²) in [5.74, 6) is 0. The molecule has 2 rings (SSSR count). The van der Waals surface area contributed by atoms with Gasteiger partial charge in [-0.1, -0.05) is 13.0 Å². The van der Waals surface area contributed by atoms with Crippen molar-refractivity contribution >= 4 is 0 Å². The minimum Gasteiger partial charge on any atom is -0.304 e. The molecular formula is C14H20N4. The molecule has 1 unspecified atom stereocenters. The Morgan fingerprint density at radius 3 is 2.78 bits per heavy atom. The van der Waals surface area contributed by atoms with Crippen LogP contribution in [0.25, 0.3) is 0 Å². The molecule has 2 heterocycles. The van der Waals surface area contributed by atoms with Gasteiger partial charge in [-0.05, 0) is 37.6 Å². The Labute approximate surface area is 108 Å². The second-order valence-electron chi connectivity index (χ2n) is 4.47. The number of pyridine rings is 1. The molecule has 0 bridgehead atoms. The first-order valence-electron chi connectivity index (χ1n) is 6.36. The lowest BCUT2D eigenvalue weighted by Crippen LogP contribution is -2.26. The van der Waals surface area contributed by atoms with Crippen molar-refractivity contribution in [2.45, 2.75) is 26.3 Å². The Balaban J connectivity index is 2.37. The summed E-state index contributed by atoms with van der Waals surface area (Å²) in [6, 6.07) is 6.22. The third-order valence-electron chi connectivity index (χ3n) is 3.08. The van der Waals surface area contributed by atoms with Gasteiger partial charge in [-0.3, -0.25) is 9.67 Å². The maximum Gasteiger partial charge on any atom is 0.0924 e. The molecule has 4 nitrogen and oxygen atoms in total. The molecule has 0 amide bonds. The minimum atomic E-state index is 0.110. The highest BCUT2D eigenvalue weighted by Gasteiger charge is 2.19. The third-order valence-corrected chi connectivity index (χ3v) is 3.08. The molecule has 4 heteroatoms. The molecule has 0 saturated heterocycles. The van der Waals surface area contributed by atoms with Gasteiger partial charge in [0.2, 0.25) is 0 Å². The smallest absolute Gasteiger partial charge is 0.0924 e. The first-order chi connectivity index (χ1) is 8.74. The minimum absolute atomic E-state index is 0.110. The van der Waals surface area contributed by atoms with Crippen LogP contribution in [0.4, 0.5) is 0 Å². The van der Waals surface area contributed by atoms with Gasteiger partial charge in [0.25, 0.3) is 0 Å². The molecule has 96 valence electrons. The summed E-state index contributed by atoms with van der Waals surface area (Å²) < 4.78 is 1.90. The largest absolute Gasteiger partial charge is 0.304 e. The Morgan fingerprint density at radius 1 is 1.33 bits per heavy atom. The summed E-state index contributed by atoms with van der Waals surface area (Å²) >= 11 is 0. The van der Waals surface area contributed by atoms with E-state index in [9.17, 15) is 0 Å². The van der Waals surface area contributed by atoms with Crippen LogP contribution in [0.1, 0.15) is 36.3 Å². The molecular weight excluding hydrogens is 224 g/mol. The van der Waals surface area contributed by atoms with E-state index in [1.807, 2.05) is 36.3 Å². The van der Waals surface area contributed by atoms with Gasteiger partial charge in [0.15, 0.2) is 0 Å². The topological polar surface area (TPSA) is 42.7 Å². The standard InChI is InChI=1S/C14H20N4/c1-4-8-15-14(12-7-10-17-18(12)3)13-11(2)6-5-9-16-13/h5-7,9-10,14-15H,4,8H2,1-3H3. The van der Waals surface area contributed by atoms with Gasteiger partial charge in [0, 0.05) is 19.4 Å². The first-order valence-corrected chi connectivity index (χ1v) is 6.36. The Bertz CT molecular complexity index is 504. The maximum atomic E-state index is 4.52. The summed E-state index contributed by atoms with van der Waals surface area (Å²) in [5.41, 5.74) is 3.42. The molecule has 1 N–H and O–H groups in total. The number of rotatable bonds is 5. The van der Waals surface area contributed by atoms with E-state index in [0.717, 1.165) is 24.4 Å². The zero-order chi connectivity index (χ0) is 13.0. The van der Waals surface area contributed by atoms with Crippen LogP contribution in [-0.2, 0) is 7.05 Å². The molecule has 0 aliphatic rings. The fraction of sp³-hybridized carbons (Fsp3) is 0.429. The zero-order valence-corrected chi connectivity index (χ0v) is 11.2. The zero-order valence-electron chi connectivity index (χ0n) is 11.2. The Morgan fingerprint density at radius 2 is 2.17 bits per heavy atom. The molecule has 0 aromatic carbocycles. The van der Waals surface area contributed by atoms with E-state index in [2.05, 4.69) is 35.3 Å². The van der Waals surface area contributed by atoms with Crippen LogP contribution >= 0.6 is 0 Å². The second-order valence-corrected chi connectivity index (χ2v) is 4.47. The van der Waals surface area contributed by atoms with Crippen LogP contribution in [0.3, 0.4) is 0 Å². The van der Waals surface area contributed by atoms with E-state index in [1.165, 1.54) is 5.56 Å². The van der Waals surface area contributed by atoms with Crippen molar-refractivity contribution in [3.63, 3.8) is 0 Å². The van der Waals surface area contributed by atoms with E-state index in [4.69, 9.17) is 0 Å². The predicted octanol–water partition coefficient (Wildman–Crippen LogP) is 2.21. The van der Waals surface area contributed by atoms with Crippen LogP contribution < -0.4 is 5.32 Å². The summed E-state index contributed by atoms with van der Waals surface area (Å²) in [6.07, 6.45) is 4.77.